The Hall–Kier alpha value is -3.81. The number of ether oxygens (including phenoxy) is 2. The lowest BCUT2D eigenvalue weighted by molar-refractivity contribution is -0.123. The third-order valence-electron chi connectivity index (χ3n) is 6.00. The van der Waals surface area contributed by atoms with Crippen LogP contribution in [0.5, 0.6) is 11.5 Å². The lowest BCUT2D eigenvalue weighted by Gasteiger charge is -2.32. The number of hydrogen-bond donors (Lipinski definition) is 1. The summed E-state index contributed by atoms with van der Waals surface area (Å²) in [6.45, 7) is 0. The minimum Gasteiger partial charge on any atom is -0.493 e. The second kappa shape index (κ2) is 10.4. The fraction of sp³-hybridized carbons (Fsp3) is 0.308. The maximum absolute atomic E-state index is 15.1. The predicted octanol–water partition coefficient (Wildman–Crippen LogP) is 4.88. The molecule has 7 nitrogen and oxygen atoms in total. The number of methoxy groups -OCH3 is 2. The fourth-order valence-electron chi connectivity index (χ4n) is 4.32. The smallest absolute Gasteiger partial charge is 0.294 e. The van der Waals surface area contributed by atoms with Crippen LogP contribution in [0.4, 0.5) is 10.1 Å². The molecule has 0 aliphatic heterocycles. The van der Waals surface area contributed by atoms with E-state index in [2.05, 4.69) is 5.32 Å². The van der Waals surface area contributed by atoms with E-state index in [0.29, 0.717) is 17.2 Å². The van der Waals surface area contributed by atoms with Crippen LogP contribution in [0.15, 0.2) is 65.3 Å². The summed E-state index contributed by atoms with van der Waals surface area (Å²) in [5, 5.41) is 3.02. The van der Waals surface area contributed by atoms with Crippen LogP contribution >= 0.6 is 0 Å². The molecule has 0 bridgehead atoms. The van der Waals surface area contributed by atoms with Gasteiger partial charge in [0.15, 0.2) is 17.3 Å². The van der Waals surface area contributed by atoms with E-state index in [4.69, 9.17) is 13.9 Å². The first kappa shape index (κ1) is 23.4. The monoisotopic (exact) mass is 466 g/mol. The van der Waals surface area contributed by atoms with Crippen molar-refractivity contribution in [2.75, 3.05) is 19.1 Å². The number of amides is 2. The molecule has 2 aromatic carbocycles. The molecule has 0 spiro atoms. The number of benzene rings is 2. The maximum atomic E-state index is 15.1. The van der Waals surface area contributed by atoms with E-state index in [9.17, 15) is 9.59 Å². The molecule has 0 unspecified atom stereocenters. The van der Waals surface area contributed by atoms with Gasteiger partial charge in [-0.1, -0.05) is 31.0 Å². The summed E-state index contributed by atoms with van der Waals surface area (Å²) in [5.74, 6) is -0.814. The highest BCUT2D eigenvalue weighted by Crippen LogP contribution is 2.37. The van der Waals surface area contributed by atoms with E-state index in [1.807, 2.05) is 0 Å². The van der Waals surface area contributed by atoms with Gasteiger partial charge in [0.25, 0.3) is 5.91 Å². The van der Waals surface area contributed by atoms with Crippen LogP contribution < -0.4 is 19.7 Å². The van der Waals surface area contributed by atoms with E-state index in [-0.39, 0.29) is 17.4 Å². The highest BCUT2D eigenvalue weighted by Gasteiger charge is 2.37. The molecule has 1 aromatic heterocycles. The van der Waals surface area contributed by atoms with Gasteiger partial charge in [0.2, 0.25) is 5.91 Å². The molecule has 178 valence electrons. The molecule has 1 heterocycles. The fourth-order valence-corrected chi connectivity index (χ4v) is 4.32. The Balaban J connectivity index is 1.86. The van der Waals surface area contributed by atoms with Gasteiger partial charge < -0.3 is 19.2 Å². The third kappa shape index (κ3) is 4.76. The molecule has 34 heavy (non-hydrogen) atoms. The van der Waals surface area contributed by atoms with Crippen LogP contribution in [-0.2, 0) is 4.79 Å². The first-order valence-electron chi connectivity index (χ1n) is 11.2. The normalized spacial score (nSPS) is 14.4. The minimum absolute atomic E-state index is 0.0183. The van der Waals surface area contributed by atoms with Gasteiger partial charge in [-0.3, -0.25) is 14.5 Å². The standard InChI is InChI=1S/C26H27FN2O5/c1-32-21-14-13-18(16-23(21)33-2)29(26(31)22-12-7-15-34-22)24(19-10-5-6-11-20(19)27)25(30)28-17-8-3-4-9-17/h5-7,10-17,24H,3-4,8-9H2,1-2H3,(H,28,30)/t24-/m0/s1. The highest BCUT2D eigenvalue weighted by molar-refractivity contribution is 6.08. The molecule has 1 N–H and O–H groups in total. The summed E-state index contributed by atoms with van der Waals surface area (Å²) in [5.41, 5.74) is 0.404. The number of carbonyl (C=O) groups is 2. The molecule has 1 fully saturated rings. The zero-order chi connectivity index (χ0) is 24.1. The van der Waals surface area contributed by atoms with E-state index in [0.717, 1.165) is 25.7 Å². The Morgan fingerprint density at radius 3 is 2.41 bits per heavy atom. The molecule has 3 aromatic rings. The van der Waals surface area contributed by atoms with Crippen LogP contribution in [0.3, 0.4) is 0 Å². The number of nitrogens with one attached hydrogen (secondary N) is 1. The molecule has 1 aliphatic rings. The number of nitrogens with zero attached hydrogens (tertiary/aromatic N) is 1. The summed E-state index contributed by atoms with van der Waals surface area (Å²) >= 11 is 0. The Kier molecular flexibility index (Phi) is 7.15. The largest absolute Gasteiger partial charge is 0.493 e. The average molecular weight is 467 g/mol. The van der Waals surface area contributed by atoms with E-state index >= 15 is 4.39 Å². The summed E-state index contributed by atoms with van der Waals surface area (Å²) < 4.78 is 31.2. The second-order valence-electron chi connectivity index (χ2n) is 8.11. The lowest BCUT2D eigenvalue weighted by Crippen LogP contribution is -2.46. The summed E-state index contributed by atoms with van der Waals surface area (Å²) in [4.78, 5) is 28.6. The van der Waals surface area contributed by atoms with E-state index in [1.54, 1.807) is 36.4 Å². The Labute approximate surface area is 197 Å². The number of furan rings is 1. The van der Waals surface area contributed by atoms with Crippen molar-refractivity contribution in [3.63, 3.8) is 0 Å². The van der Waals surface area contributed by atoms with Crippen LogP contribution in [0.25, 0.3) is 0 Å². The van der Waals surface area contributed by atoms with Crippen LogP contribution in [0.1, 0.15) is 47.8 Å². The van der Waals surface area contributed by atoms with Crippen molar-refractivity contribution in [2.24, 2.45) is 0 Å². The van der Waals surface area contributed by atoms with Crippen molar-refractivity contribution in [3.8, 4) is 11.5 Å². The van der Waals surface area contributed by atoms with Gasteiger partial charge >= 0.3 is 0 Å². The number of carbonyl (C=O) groups excluding carboxylic acids is 2. The number of anilines is 1. The van der Waals surface area contributed by atoms with Crippen molar-refractivity contribution in [2.45, 2.75) is 37.8 Å². The van der Waals surface area contributed by atoms with E-state index in [1.165, 1.54) is 43.6 Å². The van der Waals surface area contributed by atoms with Crippen LogP contribution in [0.2, 0.25) is 0 Å². The van der Waals surface area contributed by atoms with Gasteiger partial charge in [-0.15, -0.1) is 0 Å². The van der Waals surface area contributed by atoms with Crippen molar-refractivity contribution in [3.05, 3.63) is 78.0 Å². The average Bonchev–Trinajstić information content (AvgIpc) is 3.57. The lowest BCUT2D eigenvalue weighted by atomic mass is 10.0. The molecule has 2 amide bonds. The summed E-state index contributed by atoms with van der Waals surface area (Å²) in [6, 6.07) is 12.6. The van der Waals surface area contributed by atoms with Gasteiger partial charge in [-0.2, -0.15) is 0 Å². The van der Waals surface area contributed by atoms with Gasteiger partial charge in [-0.05, 0) is 43.2 Å². The topological polar surface area (TPSA) is 81.0 Å². The molecule has 1 atom stereocenters. The van der Waals surface area contributed by atoms with Gasteiger partial charge in [-0.25, -0.2) is 4.39 Å². The molecule has 0 radical (unpaired) electrons. The van der Waals surface area contributed by atoms with Crippen LogP contribution in [0, 0.1) is 5.82 Å². The highest BCUT2D eigenvalue weighted by atomic mass is 19.1. The van der Waals surface area contributed by atoms with Gasteiger partial charge in [0.05, 0.1) is 20.5 Å². The molecule has 4 rings (SSSR count). The number of hydrogen-bond acceptors (Lipinski definition) is 5. The van der Waals surface area contributed by atoms with Crippen molar-refractivity contribution < 1.29 is 27.9 Å². The Bertz CT molecular complexity index is 1140. The van der Waals surface area contributed by atoms with Crippen LogP contribution in [-0.4, -0.2) is 32.1 Å². The van der Waals surface area contributed by atoms with E-state index < -0.39 is 23.7 Å². The molecule has 1 aliphatic carbocycles. The Morgan fingerprint density at radius 2 is 1.76 bits per heavy atom. The summed E-state index contributed by atoms with van der Waals surface area (Å²) in [7, 11) is 2.97. The zero-order valence-corrected chi connectivity index (χ0v) is 19.1. The quantitative estimate of drug-likeness (QED) is 0.512. The number of rotatable bonds is 8. The first-order valence-corrected chi connectivity index (χ1v) is 11.2. The summed E-state index contributed by atoms with van der Waals surface area (Å²) in [6.07, 6.45) is 5.09. The molecular formula is C26H27FN2O5. The minimum atomic E-state index is -1.28. The third-order valence-corrected chi connectivity index (χ3v) is 6.00. The van der Waals surface area contributed by atoms with Crippen molar-refractivity contribution >= 4 is 17.5 Å². The molecule has 1 saturated carbocycles. The molecule has 8 heteroatoms. The van der Waals surface area contributed by atoms with Gasteiger partial charge in [0, 0.05) is 23.4 Å². The molecular weight excluding hydrogens is 439 g/mol. The Morgan fingerprint density at radius 1 is 1.03 bits per heavy atom. The van der Waals surface area contributed by atoms with Gasteiger partial charge in [0.1, 0.15) is 11.9 Å². The predicted molar refractivity (Wildman–Crippen MR) is 125 cm³/mol. The molecule has 0 saturated heterocycles. The van der Waals surface area contributed by atoms with Crippen molar-refractivity contribution in [1.82, 2.24) is 5.32 Å². The second-order valence-corrected chi connectivity index (χ2v) is 8.11. The zero-order valence-electron chi connectivity index (χ0n) is 19.1. The van der Waals surface area contributed by atoms with Crippen molar-refractivity contribution in [1.29, 1.82) is 0 Å². The maximum Gasteiger partial charge on any atom is 0.294 e. The SMILES string of the molecule is COc1ccc(N(C(=O)c2ccco2)[C@H](C(=O)NC2CCCC2)c2ccccc2F)cc1OC. The number of halogens is 1. The first-order chi connectivity index (χ1) is 16.5.